The first-order valence-electron chi connectivity index (χ1n) is 4.53. The lowest BCUT2D eigenvalue weighted by Gasteiger charge is -2.21. The van der Waals surface area contributed by atoms with Gasteiger partial charge in [-0.2, -0.15) is 26.3 Å². The van der Waals surface area contributed by atoms with Gasteiger partial charge < -0.3 is 5.32 Å². The summed E-state index contributed by atoms with van der Waals surface area (Å²) in [5.41, 5.74) is 0. The molecular formula is C8H13F6N. The van der Waals surface area contributed by atoms with E-state index < -0.39 is 31.2 Å². The molecule has 0 aliphatic carbocycles. The zero-order valence-corrected chi connectivity index (χ0v) is 8.17. The number of rotatable bonds is 5. The number of hydrogen-bond acceptors (Lipinski definition) is 1. The topological polar surface area (TPSA) is 12.0 Å². The molecule has 0 aromatic carbocycles. The predicted molar refractivity (Wildman–Crippen MR) is 43.4 cm³/mol. The highest BCUT2D eigenvalue weighted by Crippen LogP contribution is 2.28. The van der Waals surface area contributed by atoms with Crippen LogP contribution < -0.4 is 5.32 Å². The summed E-state index contributed by atoms with van der Waals surface area (Å²) < 4.78 is 71.8. The van der Waals surface area contributed by atoms with Gasteiger partial charge in [-0.1, -0.05) is 6.92 Å². The average Bonchev–Trinajstić information content (AvgIpc) is 1.99. The maximum absolute atomic E-state index is 12.2. The van der Waals surface area contributed by atoms with E-state index in [0.29, 0.717) is 6.42 Å². The van der Waals surface area contributed by atoms with Crippen molar-refractivity contribution < 1.29 is 26.3 Å². The molecule has 0 aromatic rings. The molecule has 1 atom stereocenters. The zero-order chi connectivity index (χ0) is 12.1. The summed E-state index contributed by atoms with van der Waals surface area (Å²) in [4.78, 5) is 0. The lowest BCUT2D eigenvalue weighted by atomic mass is 10.1. The predicted octanol–water partition coefficient (Wildman–Crippen LogP) is 3.26. The van der Waals surface area contributed by atoms with Crippen molar-refractivity contribution in [3.8, 4) is 0 Å². The van der Waals surface area contributed by atoms with E-state index in [1.165, 1.54) is 0 Å². The SMILES string of the molecule is CCCNC(CCC(F)(F)F)C(F)(F)F. The number of hydrogen-bond donors (Lipinski definition) is 1. The summed E-state index contributed by atoms with van der Waals surface area (Å²) in [6, 6.07) is -2.07. The minimum Gasteiger partial charge on any atom is -0.306 e. The third-order valence-electron chi connectivity index (χ3n) is 1.75. The van der Waals surface area contributed by atoms with E-state index in [1.54, 1.807) is 6.92 Å². The highest BCUT2D eigenvalue weighted by atomic mass is 19.4. The maximum atomic E-state index is 12.2. The van der Waals surface area contributed by atoms with Crippen molar-refractivity contribution in [1.82, 2.24) is 5.32 Å². The van der Waals surface area contributed by atoms with Gasteiger partial charge in [-0.25, -0.2) is 0 Å². The number of nitrogens with one attached hydrogen (secondary N) is 1. The van der Waals surface area contributed by atoms with Gasteiger partial charge >= 0.3 is 12.4 Å². The summed E-state index contributed by atoms with van der Waals surface area (Å²) >= 11 is 0. The molecule has 92 valence electrons. The van der Waals surface area contributed by atoms with Gasteiger partial charge in [0.25, 0.3) is 0 Å². The summed E-state index contributed by atoms with van der Waals surface area (Å²) in [7, 11) is 0. The molecule has 0 rings (SSSR count). The Bertz CT molecular complexity index is 173. The van der Waals surface area contributed by atoms with Crippen LogP contribution in [0.25, 0.3) is 0 Å². The second-order valence-electron chi connectivity index (χ2n) is 3.20. The molecule has 1 N–H and O–H groups in total. The second kappa shape index (κ2) is 5.58. The Morgan fingerprint density at radius 3 is 1.93 bits per heavy atom. The quantitative estimate of drug-likeness (QED) is 0.723. The summed E-state index contributed by atoms with van der Waals surface area (Å²) in [6.45, 7) is 1.70. The van der Waals surface area contributed by atoms with Crippen molar-refractivity contribution >= 4 is 0 Å². The lowest BCUT2D eigenvalue weighted by Crippen LogP contribution is -2.43. The highest BCUT2D eigenvalue weighted by Gasteiger charge is 2.41. The first kappa shape index (κ1) is 14.5. The van der Waals surface area contributed by atoms with Gasteiger partial charge in [0.2, 0.25) is 0 Å². The Hall–Kier alpha value is -0.460. The molecule has 1 unspecified atom stereocenters. The van der Waals surface area contributed by atoms with E-state index in [0.717, 1.165) is 0 Å². The van der Waals surface area contributed by atoms with Crippen molar-refractivity contribution in [2.24, 2.45) is 0 Å². The van der Waals surface area contributed by atoms with E-state index in [9.17, 15) is 26.3 Å². The third kappa shape index (κ3) is 7.47. The van der Waals surface area contributed by atoms with Gasteiger partial charge in [0.15, 0.2) is 0 Å². The standard InChI is InChI=1S/C8H13F6N/c1-2-5-15-6(8(12,13)14)3-4-7(9,10)11/h6,15H,2-5H2,1H3. The number of alkyl halides is 6. The van der Waals surface area contributed by atoms with Gasteiger partial charge in [-0.3, -0.25) is 0 Å². The molecule has 0 bridgehead atoms. The van der Waals surface area contributed by atoms with Crippen molar-refractivity contribution in [3.05, 3.63) is 0 Å². The molecule has 0 saturated heterocycles. The second-order valence-corrected chi connectivity index (χ2v) is 3.20. The number of halogens is 6. The molecule has 0 fully saturated rings. The van der Waals surface area contributed by atoms with Crippen LogP contribution in [0.3, 0.4) is 0 Å². The fourth-order valence-corrected chi connectivity index (χ4v) is 1.01. The summed E-state index contributed by atoms with van der Waals surface area (Å²) in [5.74, 6) is 0. The van der Waals surface area contributed by atoms with Gasteiger partial charge in [-0.05, 0) is 19.4 Å². The molecule has 0 aromatic heterocycles. The molecule has 15 heavy (non-hydrogen) atoms. The van der Waals surface area contributed by atoms with E-state index in [2.05, 4.69) is 5.32 Å². The van der Waals surface area contributed by atoms with E-state index >= 15 is 0 Å². The van der Waals surface area contributed by atoms with Gasteiger partial charge in [0, 0.05) is 6.42 Å². The third-order valence-corrected chi connectivity index (χ3v) is 1.75. The van der Waals surface area contributed by atoms with Crippen molar-refractivity contribution in [1.29, 1.82) is 0 Å². The molecule has 1 nitrogen and oxygen atoms in total. The zero-order valence-electron chi connectivity index (χ0n) is 8.17. The van der Waals surface area contributed by atoms with Crippen molar-refractivity contribution in [2.75, 3.05) is 6.54 Å². The Balaban J connectivity index is 4.14. The van der Waals surface area contributed by atoms with Crippen LogP contribution in [0.5, 0.6) is 0 Å². The minimum absolute atomic E-state index is 0.0576. The highest BCUT2D eigenvalue weighted by molar-refractivity contribution is 4.76. The molecule has 0 aliphatic rings. The molecular weight excluding hydrogens is 224 g/mol. The van der Waals surface area contributed by atoms with Crippen LogP contribution >= 0.6 is 0 Å². The van der Waals surface area contributed by atoms with Crippen LogP contribution in [0.15, 0.2) is 0 Å². The maximum Gasteiger partial charge on any atom is 0.403 e. The molecule has 0 amide bonds. The first-order chi connectivity index (χ1) is 6.67. The van der Waals surface area contributed by atoms with Gasteiger partial charge in [0.05, 0.1) is 0 Å². The van der Waals surface area contributed by atoms with Crippen LogP contribution in [-0.2, 0) is 0 Å². The summed E-state index contributed by atoms with van der Waals surface area (Å²) in [6.07, 6.45) is -11.1. The van der Waals surface area contributed by atoms with Crippen LogP contribution in [0.4, 0.5) is 26.3 Å². The van der Waals surface area contributed by atoms with Gasteiger partial charge in [-0.15, -0.1) is 0 Å². The Labute approximate surface area is 83.8 Å². The van der Waals surface area contributed by atoms with Crippen LogP contribution in [0.2, 0.25) is 0 Å². The van der Waals surface area contributed by atoms with Crippen molar-refractivity contribution in [3.63, 3.8) is 0 Å². The lowest BCUT2D eigenvalue weighted by molar-refractivity contribution is -0.173. The smallest absolute Gasteiger partial charge is 0.306 e. The van der Waals surface area contributed by atoms with Crippen LogP contribution in [0.1, 0.15) is 26.2 Å². The minimum atomic E-state index is -4.62. The van der Waals surface area contributed by atoms with Crippen LogP contribution in [0, 0.1) is 0 Å². The monoisotopic (exact) mass is 237 g/mol. The Morgan fingerprint density at radius 1 is 1.07 bits per heavy atom. The Morgan fingerprint density at radius 2 is 1.60 bits per heavy atom. The van der Waals surface area contributed by atoms with E-state index in [-0.39, 0.29) is 6.54 Å². The fraction of sp³-hybridized carbons (Fsp3) is 1.00. The molecule has 0 aliphatic heterocycles. The largest absolute Gasteiger partial charge is 0.403 e. The summed E-state index contributed by atoms with van der Waals surface area (Å²) in [5, 5.41) is 2.06. The van der Waals surface area contributed by atoms with Gasteiger partial charge in [0.1, 0.15) is 6.04 Å². The Kier molecular flexibility index (Phi) is 5.41. The van der Waals surface area contributed by atoms with Crippen LogP contribution in [-0.4, -0.2) is 24.9 Å². The normalized spacial score (nSPS) is 15.4. The van der Waals surface area contributed by atoms with E-state index in [1.807, 2.05) is 0 Å². The molecule has 0 heterocycles. The fourth-order valence-electron chi connectivity index (χ4n) is 1.01. The first-order valence-corrected chi connectivity index (χ1v) is 4.53. The molecule has 0 spiro atoms. The average molecular weight is 237 g/mol. The van der Waals surface area contributed by atoms with Crippen molar-refractivity contribution in [2.45, 2.75) is 44.6 Å². The molecule has 7 heteroatoms. The van der Waals surface area contributed by atoms with E-state index in [4.69, 9.17) is 0 Å². The molecule has 0 saturated carbocycles. The molecule has 0 radical (unpaired) electrons.